The van der Waals surface area contributed by atoms with Crippen LogP contribution < -0.4 is 5.73 Å². The van der Waals surface area contributed by atoms with Crippen molar-refractivity contribution in [2.45, 2.75) is 9.37 Å². The summed E-state index contributed by atoms with van der Waals surface area (Å²) in [4.78, 5) is 8.37. The van der Waals surface area contributed by atoms with Gasteiger partial charge in [-0.15, -0.1) is 11.3 Å². The molecule has 0 aliphatic rings. The molecular weight excluding hydrogens is 282 g/mol. The topological polar surface area (TPSA) is 51.8 Å². The van der Waals surface area contributed by atoms with Crippen LogP contribution in [0, 0.1) is 0 Å². The Morgan fingerprint density at radius 1 is 1.43 bits per heavy atom. The Balaban J connectivity index is 2.25. The first-order chi connectivity index (χ1) is 6.75. The molecule has 0 saturated heterocycles. The largest absolute Gasteiger partial charge is 0.397 e. The van der Waals surface area contributed by atoms with Crippen molar-refractivity contribution in [1.82, 2.24) is 9.97 Å². The molecule has 2 rings (SSSR count). The lowest BCUT2D eigenvalue weighted by molar-refractivity contribution is 1.11. The van der Waals surface area contributed by atoms with Gasteiger partial charge >= 0.3 is 0 Å². The lowest BCUT2D eigenvalue weighted by Gasteiger charge is -2.00. The van der Waals surface area contributed by atoms with Crippen molar-refractivity contribution in [2.75, 3.05) is 5.73 Å². The lowest BCUT2D eigenvalue weighted by atomic mass is 10.4. The number of nitrogens with two attached hydrogens (primary N) is 1. The number of thiazole rings is 1. The maximum absolute atomic E-state index is 5.59. The Morgan fingerprint density at radius 2 is 2.29 bits per heavy atom. The molecule has 0 unspecified atom stereocenters. The Labute approximate surface area is 97.9 Å². The first-order valence-corrected chi connectivity index (χ1v) is 6.23. The van der Waals surface area contributed by atoms with Crippen molar-refractivity contribution < 1.29 is 0 Å². The molecule has 0 aliphatic heterocycles. The minimum atomic E-state index is 0.653. The van der Waals surface area contributed by atoms with Crippen molar-refractivity contribution in [1.29, 1.82) is 0 Å². The first-order valence-electron chi connectivity index (χ1n) is 3.74. The Bertz CT molecular complexity index is 430. The molecule has 0 fully saturated rings. The lowest BCUT2D eigenvalue weighted by Crippen LogP contribution is -1.88. The molecule has 2 aromatic heterocycles. The fourth-order valence-electron chi connectivity index (χ4n) is 0.859. The van der Waals surface area contributed by atoms with Crippen molar-refractivity contribution in [3.8, 4) is 0 Å². The number of pyridine rings is 1. The highest BCUT2D eigenvalue weighted by atomic mass is 79.9. The summed E-state index contributed by atoms with van der Waals surface area (Å²) in [5, 5.41) is 2.82. The predicted molar refractivity (Wildman–Crippen MR) is 62.6 cm³/mol. The smallest absolute Gasteiger partial charge is 0.156 e. The number of aromatic nitrogens is 2. The summed E-state index contributed by atoms with van der Waals surface area (Å²) in [6, 6.07) is 1.84. The van der Waals surface area contributed by atoms with E-state index in [9.17, 15) is 0 Å². The predicted octanol–water partition coefficient (Wildman–Crippen LogP) is 3.03. The summed E-state index contributed by atoms with van der Waals surface area (Å²) in [5.41, 5.74) is 6.24. The average molecular weight is 288 g/mol. The number of hydrogen-bond donors (Lipinski definition) is 1. The van der Waals surface area contributed by atoms with Crippen molar-refractivity contribution in [3.05, 3.63) is 28.3 Å². The quantitative estimate of drug-likeness (QED) is 0.922. The van der Waals surface area contributed by atoms with Gasteiger partial charge in [0.05, 0.1) is 16.4 Å². The van der Waals surface area contributed by atoms with Crippen LogP contribution in [0.3, 0.4) is 0 Å². The van der Waals surface area contributed by atoms with E-state index in [0.717, 1.165) is 13.8 Å². The molecule has 0 aromatic carbocycles. The number of anilines is 1. The van der Waals surface area contributed by atoms with Gasteiger partial charge < -0.3 is 5.73 Å². The van der Waals surface area contributed by atoms with Gasteiger partial charge in [0.25, 0.3) is 0 Å². The molecule has 2 heterocycles. The van der Waals surface area contributed by atoms with E-state index in [1.807, 2.05) is 11.4 Å². The van der Waals surface area contributed by atoms with E-state index in [1.165, 1.54) is 11.8 Å². The highest BCUT2D eigenvalue weighted by Crippen LogP contribution is 2.33. The molecule has 2 N–H and O–H groups in total. The molecule has 2 aromatic rings. The summed E-state index contributed by atoms with van der Waals surface area (Å²) >= 11 is 6.52. The summed E-state index contributed by atoms with van der Waals surface area (Å²) in [6.45, 7) is 0. The van der Waals surface area contributed by atoms with E-state index in [4.69, 9.17) is 5.73 Å². The van der Waals surface area contributed by atoms with Gasteiger partial charge in [0.2, 0.25) is 0 Å². The van der Waals surface area contributed by atoms with Crippen LogP contribution in [0.25, 0.3) is 0 Å². The molecule has 14 heavy (non-hydrogen) atoms. The van der Waals surface area contributed by atoms with Crippen LogP contribution in [0.15, 0.2) is 37.7 Å². The normalized spacial score (nSPS) is 10.4. The third kappa shape index (κ3) is 2.26. The Morgan fingerprint density at radius 3 is 2.93 bits per heavy atom. The number of nitrogen functional groups attached to an aromatic ring is 1. The third-order valence-electron chi connectivity index (χ3n) is 1.42. The van der Waals surface area contributed by atoms with Crippen LogP contribution in [0.2, 0.25) is 0 Å². The summed E-state index contributed by atoms with van der Waals surface area (Å²) in [5.74, 6) is 0. The van der Waals surface area contributed by atoms with Crippen molar-refractivity contribution in [2.24, 2.45) is 0 Å². The van der Waals surface area contributed by atoms with Crippen LogP contribution in [0.1, 0.15) is 0 Å². The molecule has 0 amide bonds. The standard InChI is InChI=1S/C8H6BrN3S2/c9-6-3-5(10)4-12-7(6)14-8-11-1-2-13-8/h1-4H,10H2. The van der Waals surface area contributed by atoms with Crippen molar-refractivity contribution >= 4 is 44.7 Å². The van der Waals surface area contributed by atoms with Gasteiger partial charge in [0, 0.05) is 11.6 Å². The molecule has 0 atom stereocenters. The van der Waals surface area contributed by atoms with E-state index >= 15 is 0 Å². The molecule has 0 saturated carbocycles. The average Bonchev–Trinajstić information content (AvgIpc) is 2.62. The maximum Gasteiger partial charge on any atom is 0.156 e. The van der Waals surface area contributed by atoms with E-state index in [0.29, 0.717) is 5.69 Å². The fraction of sp³-hybridized carbons (Fsp3) is 0. The van der Waals surface area contributed by atoms with Crippen molar-refractivity contribution in [3.63, 3.8) is 0 Å². The second-order valence-electron chi connectivity index (χ2n) is 2.46. The summed E-state index contributed by atoms with van der Waals surface area (Å²) in [6.07, 6.45) is 3.42. The summed E-state index contributed by atoms with van der Waals surface area (Å²) < 4.78 is 1.88. The minimum absolute atomic E-state index is 0.653. The fourth-order valence-corrected chi connectivity index (χ4v) is 2.96. The van der Waals surface area contributed by atoms with E-state index in [2.05, 4.69) is 25.9 Å². The van der Waals surface area contributed by atoms with Crippen LogP contribution in [-0.2, 0) is 0 Å². The van der Waals surface area contributed by atoms with Gasteiger partial charge in [-0.1, -0.05) is 0 Å². The number of hydrogen-bond acceptors (Lipinski definition) is 5. The molecule has 3 nitrogen and oxygen atoms in total. The second-order valence-corrected chi connectivity index (χ2v) is 5.44. The molecule has 0 bridgehead atoms. The molecule has 0 spiro atoms. The molecule has 0 radical (unpaired) electrons. The first kappa shape index (κ1) is 9.95. The van der Waals surface area contributed by atoms with Gasteiger partial charge in [0.15, 0.2) is 4.34 Å². The van der Waals surface area contributed by atoms with E-state index < -0.39 is 0 Å². The highest BCUT2D eigenvalue weighted by Gasteiger charge is 2.05. The molecule has 0 aliphatic carbocycles. The van der Waals surface area contributed by atoms with Gasteiger partial charge in [0.1, 0.15) is 5.03 Å². The van der Waals surface area contributed by atoms with Gasteiger partial charge in [-0.25, -0.2) is 9.97 Å². The zero-order chi connectivity index (χ0) is 9.97. The molecular formula is C8H6BrN3S2. The molecule has 72 valence electrons. The molecule has 6 heteroatoms. The highest BCUT2D eigenvalue weighted by molar-refractivity contribution is 9.10. The summed E-state index contributed by atoms with van der Waals surface area (Å²) in [7, 11) is 0. The van der Waals surface area contributed by atoms with E-state index in [1.54, 1.807) is 23.7 Å². The van der Waals surface area contributed by atoms with E-state index in [-0.39, 0.29) is 0 Å². The van der Waals surface area contributed by atoms with Gasteiger partial charge in [-0.05, 0) is 33.8 Å². The van der Waals surface area contributed by atoms with Crippen LogP contribution in [-0.4, -0.2) is 9.97 Å². The minimum Gasteiger partial charge on any atom is -0.397 e. The SMILES string of the molecule is Nc1cnc(Sc2nccs2)c(Br)c1. The Kier molecular flexibility index (Phi) is 3.05. The van der Waals surface area contributed by atoms with Crippen LogP contribution >= 0.6 is 39.0 Å². The zero-order valence-electron chi connectivity index (χ0n) is 6.98. The van der Waals surface area contributed by atoms with Gasteiger partial charge in [-0.2, -0.15) is 0 Å². The monoisotopic (exact) mass is 287 g/mol. The third-order valence-corrected chi connectivity index (χ3v) is 4.19. The van der Waals surface area contributed by atoms with Crippen LogP contribution in [0.4, 0.5) is 5.69 Å². The number of rotatable bonds is 2. The number of nitrogens with zero attached hydrogens (tertiary/aromatic N) is 2. The number of halogens is 1. The van der Waals surface area contributed by atoms with Gasteiger partial charge in [-0.3, -0.25) is 0 Å². The Hall–Kier alpha value is -0.590. The van der Waals surface area contributed by atoms with Crippen LogP contribution in [0.5, 0.6) is 0 Å². The second kappa shape index (κ2) is 4.29. The maximum atomic E-state index is 5.59. The zero-order valence-corrected chi connectivity index (χ0v) is 10.2.